The average Bonchev–Trinajstić information content (AvgIpc) is 2.70. The van der Waals surface area contributed by atoms with Crippen LogP contribution >= 0.6 is 11.6 Å². The fourth-order valence-electron chi connectivity index (χ4n) is 1.84. The minimum atomic E-state index is -1.46. The van der Waals surface area contributed by atoms with Crippen molar-refractivity contribution in [2.75, 3.05) is 12.5 Å². The maximum atomic E-state index is 12.4. The Bertz CT molecular complexity index is 868. The van der Waals surface area contributed by atoms with Gasteiger partial charge in [-0.1, -0.05) is 11.6 Å². The normalized spacial score (nSPS) is 10.6. The number of hydrogen-bond acceptors (Lipinski definition) is 5. The molecule has 3 N–H and O–H groups in total. The third kappa shape index (κ3) is 6.67. The monoisotopic (exact) mass is 414 g/mol. The number of hydrogen-bond donors (Lipinski definition) is 2. The van der Waals surface area contributed by atoms with E-state index in [4.69, 9.17) is 22.1 Å². The molecule has 0 fully saturated rings. The van der Waals surface area contributed by atoms with Gasteiger partial charge in [0.2, 0.25) is 5.17 Å². The minimum Gasteiger partial charge on any atom is -0.497 e. The quantitative estimate of drug-likeness (QED) is 0.443. The number of anilines is 1. The van der Waals surface area contributed by atoms with Gasteiger partial charge < -0.3 is 10.5 Å². The van der Waals surface area contributed by atoms with Crippen LogP contribution in [0.3, 0.4) is 0 Å². The first kappa shape index (κ1) is 23.1. The van der Waals surface area contributed by atoms with Gasteiger partial charge in [0.15, 0.2) is 17.5 Å². The van der Waals surface area contributed by atoms with E-state index < -0.39 is 23.4 Å². The molecule has 150 valence electrons. The Morgan fingerprint density at radius 3 is 2.32 bits per heavy atom. The Balaban J connectivity index is 0.000000307. The molecular formula is C18H18ClF3N4O2. The molecule has 2 aromatic carbocycles. The molecule has 2 rings (SSSR count). The van der Waals surface area contributed by atoms with Gasteiger partial charge in [0, 0.05) is 6.54 Å². The van der Waals surface area contributed by atoms with Gasteiger partial charge in [-0.2, -0.15) is 5.10 Å². The lowest BCUT2D eigenvalue weighted by atomic mass is 10.2. The van der Waals surface area contributed by atoms with E-state index in [0.29, 0.717) is 0 Å². The maximum absolute atomic E-state index is 12.4. The number of carbonyl (C=O) groups is 1. The molecule has 0 aromatic heterocycles. The van der Waals surface area contributed by atoms with Crippen LogP contribution in [0.5, 0.6) is 5.75 Å². The summed E-state index contributed by atoms with van der Waals surface area (Å²) in [5, 5.41) is 3.42. The number of aryl methyl sites for hydroxylation is 1. The summed E-state index contributed by atoms with van der Waals surface area (Å²) in [6, 6.07) is 7.12. The largest absolute Gasteiger partial charge is 0.497 e. The van der Waals surface area contributed by atoms with Crippen LogP contribution in [0.15, 0.2) is 40.4 Å². The average molecular weight is 415 g/mol. The molecule has 10 heteroatoms. The molecule has 0 aliphatic heterocycles. The number of rotatable bonds is 5. The molecule has 0 saturated heterocycles. The molecule has 0 atom stereocenters. The number of nitrogens with zero attached hydrogens (tertiary/aromatic N) is 2. The molecule has 0 radical (unpaired) electrons. The number of methoxy groups -OCH3 is 1. The second-order valence-corrected chi connectivity index (χ2v) is 5.59. The molecule has 0 aliphatic rings. The van der Waals surface area contributed by atoms with Gasteiger partial charge in [-0.3, -0.25) is 10.2 Å². The van der Waals surface area contributed by atoms with Crippen LogP contribution in [0.2, 0.25) is 0 Å². The van der Waals surface area contributed by atoms with Gasteiger partial charge in [-0.05, 0) is 55.1 Å². The van der Waals surface area contributed by atoms with E-state index in [0.717, 1.165) is 29.1 Å². The molecule has 28 heavy (non-hydrogen) atoms. The Morgan fingerprint density at radius 1 is 1.25 bits per heavy atom. The zero-order valence-corrected chi connectivity index (χ0v) is 15.9. The van der Waals surface area contributed by atoms with Gasteiger partial charge in [-0.25, -0.2) is 18.2 Å². The number of ether oxygens (including phenoxy) is 1. The van der Waals surface area contributed by atoms with Crippen LogP contribution in [0.25, 0.3) is 0 Å². The molecule has 0 unspecified atom stereocenters. The Labute approximate surface area is 164 Å². The summed E-state index contributed by atoms with van der Waals surface area (Å²) in [6.45, 7) is 4.94. The number of nitrogens with one attached hydrogen (secondary N) is 1. The molecule has 0 spiro atoms. The Morgan fingerprint density at radius 2 is 1.86 bits per heavy atom. The highest BCUT2D eigenvalue weighted by Gasteiger charge is 2.09. The Kier molecular flexibility index (Phi) is 9.13. The van der Waals surface area contributed by atoms with Gasteiger partial charge in [0.1, 0.15) is 5.75 Å². The van der Waals surface area contributed by atoms with Gasteiger partial charge in [0.05, 0.1) is 12.8 Å². The van der Waals surface area contributed by atoms with Crippen LogP contribution in [-0.2, 0) is 11.3 Å². The van der Waals surface area contributed by atoms with Crippen molar-refractivity contribution >= 4 is 35.1 Å². The van der Waals surface area contributed by atoms with E-state index in [2.05, 4.69) is 22.2 Å². The topological polar surface area (TPSA) is 89.1 Å². The fraction of sp³-hybridized carbons (Fsp3) is 0.167. The van der Waals surface area contributed by atoms with E-state index in [1.54, 1.807) is 19.2 Å². The summed E-state index contributed by atoms with van der Waals surface area (Å²) in [7, 11) is 1.59. The first-order valence-electron chi connectivity index (χ1n) is 7.71. The highest BCUT2D eigenvalue weighted by atomic mass is 35.5. The summed E-state index contributed by atoms with van der Waals surface area (Å²) < 4.78 is 42.0. The van der Waals surface area contributed by atoms with Crippen molar-refractivity contribution < 1.29 is 22.7 Å². The second-order valence-electron chi connectivity index (χ2n) is 5.24. The summed E-state index contributed by atoms with van der Waals surface area (Å²) in [5.41, 5.74) is 9.63. The van der Waals surface area contributed by atoms with Crippen molar-refractivity contribution in [1.82, 2.24) is 0 Å². The third-order valence-corrected chi connectivity index (χ3v) is 3.55. The van der Waals surface area contributed by atoms with Crippen molar-refractivity contribution in [2.24, 2.45) is 15.8 Å². The van der Waals surface area contributed by atoms with Crippen molar-refractivity contribution in [3.05, 3.63) is 58.9 Å². The van der Waals surface area contributed by atoms with E-state index in [-0.39, 0.29) is 17.3 Å². The number of aliphatic imine (C=N–C) groups is 1. The molecule has 0 bridgehead atoms. The maximum Gasteiger partial charge on any atom is 0.308 e. The predicted octanol–water partition coefficient (Wildman–Crippen LogP) is 3.76. The van der Waals surface area contributed by atoms with Crippen molar-refractivity contribution in [1.29, 1.82) is 0 Å². The minimum absolute atomic E-state index is 0.00583. The SMILES string of the molecule is C=NC(=O)/C(Cl)=N\Nc1ccc(OC)cc1C.NCc1cc(F)c(F)c(F)c1. The third-order valence-electron chi connectivity index (χ3n) is 3.31. The van der Waals surface area contributed by atoms with Crippen LogP contribution in [0, 0.1) is 24.4 Å². The summed E-state index contributed by atoms with van der Waals surface area (Å²) in [4.78, 5) is 14.1. The van der Waals surface area contributed by atoms with Crippen molar-refractivity contribution in [3.8, 4) is 5.75 Å². The fourth-order valence-corrected chi connectivity index (χ4v) is 1.94. The number of amides is 1. The van der Waals surface area contributed by atoms with Crippen molar-refractivity contribution in [2.45, 2.75) is 13.5 Å². The Hall–Kier alpha value is -2.91. The standard InChI is InChI=1S/C11H12ClN3O2.C7H6F3N/c1-7-6-8(17-3)4-5-9(7)14-15-10(12)11(16)13-2;8-5-1-4(3-11)2-6(9)7(5)10/h4-6,14H,2H2,1,3H3;1-2H,3,11H2/b15-10+;. The van der Waals surface area contributed by atoms with Gasteiger partial charge in [-0.15, -0.1) is 0 Å². The smallest absolute Gasteiger partial charge is 0.308 e. The number of carbonyl (C=O) groups excluding carboxylic acids is 1. The number of benzene rings is 2. The number of hydrazone groups is 1. The lowest BCUT2D eigenvalue weighted by molar-refractivity contribution is -0.111. The summed E-state index contributed by atoms with van der Waals surface area (Å²) in [6.07, 6.45) is 0. The highest BCUT2D eigenvalue weighted by molar-refractivity contribution is 6.83. The first-order valence-corrected chi connectivity index (χ1v) is 8.09. The van der Waals surface area contributed by atoms with Crippen LogP contribution in [0.1, 0.15) is 11.1 Å². The molecule has 0 aliphatic carbocycles. The van der Waals surface area contributed by atoms with Gasteiger partial charge in [0.25, 0.3) is 0 Å². The number of halogens is 4. The van der Waals surface area contributed by atoms with Crippen LogP contribution in [-0.4, -0.2) is 24.9 Å². The first-order chi connectivity index (χ1) is 13.2. The predicted molar refractivity (Wildman–Crippen MR) is 103 cm³/mol. The van der Waals surface area contributed by atoms with Crippen LogP contribution in [0.4, 0.5) is 18.9 Å². The molecular weight excluding hydrogens is 397 g/mol. The molecule has 0 saturated carbocycles. The van der Waals surface area contributed by atoms with E-state index in [1.807, 2.05) is 13.0 Å². The number of nitrogens with two attached hydrogens (primary N) is 1. The van der Waals surface area contributed by atoms with Crippen LogP contribution < -0.4 is 15.9 Å². The van der Waals surface area contributed by atoms with Gasteiger partial charge >= 0.3 is 5.91 Å². The molecule has 6 nitrogen and oxygen atoms in total. The molecule has 1 amide bonds. The zero-order chi connectivity index (χ0) is 21.3. The highest BCUT2D eigenvalue weighted by Crippen LogP contribution is 2.21. The summed E-state index contributed by atoms with van der Waals surface area (Å²) in [5.74, 6) is -3.80. The summed E-state index contributed by atoms with van der Waals surface area (Å²) >= 11 is 5.57. The molecule has 2 aromatic rings. The van der Waals surface area contributed by atoms with Crippen molar-refractivity contribution in [3.63, 3.8) is 0 Å². The van der Waals surface area contributed by atoms with E-state index >= 15 is 0 Å². The van der Waals surface area contributed by atoms with E-state index in [9.17, 15) is 18.0 Å². The molecule has 0 heterocycles. The second kappa shape index (κ2) is 11.1. The lowest BCUT2D eigenvalue weighted by Gasteiger charge is -2.07. The zero-order valence-electron chi connectivity index (χ0n) is 15.1. The lowest BCUT2D eigenvalue weighted by Crippen LogP contribution is -2.06. The van der Waals surface area contributed by atoms with E-state index in [1.165, 1.54) is 0 Å².